The summed E-state index contributed by atoms with van der Waals surface area (Å²) < 4.78 is 2.38. The third-order valence-electron chi connectivity index (χ3n) is 11.9. The van der Waals surface area contributed by atoms with Gasteiger partial charge >= 0.3 is 0 Å². The second kappa shape index (κ2) is 17.0. The highest BCUT2D eigenvalue weighted by Gasteiger charge is 2.20. The normalized spacial score (nSPS) is 11.1. The molecule has 0 aliphatic heterocycles. The summed E-state index contributed by atoms with van der Waals surface area (Å²) in [5.41, 5.74) is 15.5. The van der Waals surface area contributed by atoms with E-state index in [-0.39, 0.29) is 0 Å². The Bertz CT molecular complexity index is 3110. The quantitative estimate of drug-likeness (QED) is 0.129. The van der Waals surface area contributed by atoms with E-state index in [1.54, 1.807) is 0 Å². The number of benzene rings is 10. The summed E-state index contributed by atoms with van der Waals surface area (Å²) in [7, 11) is 0. The van der Waals surface area contributed by atoms with Crippen LogP contribution in [0.1, 0.15) is 0 Å². The topological polar surface area (TPSA) is 14.7 Å². The Hall–Kier alpha value is -8.60. The summed E-state index contributed by atoms with van der Waals surface area (Å²) in [4.78, 5) is 7.01. The SMILES string of the molecule is c1ccc(N(c2ccccc2)c2cccc(N(c3ccc(-c4ccc5c6ccccc6n(-c6ccccc6)c5c4)cc3)c3cccc(N(c4ccccc4)c4ccccc4)c3)c2)cc1. The minimum atomic E-state index is 1.04. The summed E-state index contributed by atoms with van der Waals surface area (Å²) in [5.74, 6) is 0. The van der Waals surface area contributed by atoms with Crippen LogP contribution in [-0.2, 0) is 0 Å². The van der Waals surface area contributed by atoms with Crippen LogP contribution in [0, 0.1) is 0 Å². The molecule has 0 atom stereocenters. The number of fused-ring (bicyclic) bond motifs is 3. The van der Waals surface area contributed by atoms with Gasteiger partial charge in [-0.3, -0.25) is 0 Å². The van der Waals surface area contributed by atoms with Crippen LogP contribution >= 0.6 is 0 Å². The molecule has 1 aromatic heterocycles. The van der Waals surface area contributed by atoms with E-state index in [0.29, 0.717) is 0 Å². The number of anilines is 9. The standard InChI is InChI=1S/C60H44N4/c1-6-20-47(21-7-1)61(48-22-8-2-9-23-48)53-30-18-32-55(43-53)63(56-33-19-31-54(44-56)62(49-24-10-3-11-25-49)50-26-12-4-13-27-50)52-39-36-45(37-40-52)46-38-41-58-57-34-16-17-35-59(57)64(60(58)42-46)51-28-14-5-15-29-51/h1-44H. The average Bonchev–Trinajstić information content (AvgIpc) is 3.70. The van der Waals surface area contributed by atoms with Crippen molar-refractivity contribution in [2.24, 2.45) is 0 Å². The van der Waals surface area contributed by atoms with Gasteiger partial charge in [0, 0.05) is 67.6 Å². The fraction of sp³-hybridized carbons (Fsp3) is 0. The lowest BCUT2D eigenvalue weighted by molar-refractivity contribution is 1.18. The fourth-order valence-electron chi connectivity index (χ4n) is 9.00. The van der Waals surface area contributed by atoms with Gasteiger partial charge < -0.3 is 19.3 Å². The Labute approximate surface area is 374 Å². The molecule has 11 rings (SSSR count). The maximum Gasteiger partial charge on any atom is 0.0547 e. The first-order chi connectivity index (χ1) is 31.8. The van der Waals surface area contributed by atoms with E-state index in [9.17, 15) is 0 Å². The Morgan fingerprint density at radius 3 is 1.03 bits per heavy atom. The molecule has 4 heteroatoms. The maximum absolute atomic E-state index is 2.38. The van der Waals surface area contributed by atoms with Crippen LogP contribution in [0.15, 0.2) is 267 Å². The molecule has 0 radical (unpaired) electrons. The monoisotopic (exact) mass is 820 g/mol. The van der Waals surface area contributed by atoms with Gasteiger partial charge in [0.25, 0.3) is 0 Å². The third-order valence-corrected chi connectivity index (χ3v) is 11.9. The molecule has 0 saturated heterocycles. The van der Waals surface area contributed by atoms with E-state index >= 15 is 0 Å². The second-order valence-corrected chi connectivity index (χ2v) is 15.9. The van der Waals surface area contributed by atoms with Crippen molar-refractivity contribution in [2.75, 3.05) is 14.7 Å². The number of hydrogen-bond acceptors (Lipinski definition) is 3. The van der Waals surface area contributed by atoms with Crippen molar-refractivity contribution in [1.82, 2.24) is 4.57 Å². The van der Waals surface area contributed by atoms with Gasteiger partial charge in [0.15, 0.2) is 0 Å². The smallest absolute Gasteiger partial charge is 0.0547 e. The lowest BCUT2D eigenvalue weighted by Crippen LogP contribution is -2.14. The van der Waals surface area contributed by atoms with E-state index < -0.39 is 0 Å². The number of para-hydroxylation sites is 6. The molecule has 0 saturated carbocycles. The Kier molecular flexibility index (Phi) is 10.2. The van der Waals surface area contributed by atoms with Crippen LogP contribution in [0.2, 0.25) is 0 Å². The van der Waals surface area contributed by atoms with Crippen molar-refractivity contribution in [3.63, 3.8) is 0 Å². The molecule has 0 N–H and O–H groups in total. The summed E-state index contributed by atoms with van der Waals surface area (Å²) in [5, 5.41) is 2.49. The summed E-state index contributed by atoms with van der Waals surface area (Å²) in [6, 6.07) is 95.3. The maximum atomic E-state index is 2.38. The van der Waals surface area contributed by atoms with Gasteiger partial charge in [-0.2, -0.15) is 0 Å². The summed E-state index contributed by atoms with van der Waals surface area (Å²) >= 11 is 0. The first kappa shape index (κ1) is 38.3. The Morgan fingerprint density at radius 2 is 0.562 bits per heavy atom. The third kappa shape index (κ3) is 7.33. The van der Waals surface area contributed by atoms with Gasteiger partial charge in [-0.05, 0) is 132 Å². The zero-order chi connectivity index (χ0) is 42.7. The Balaban J connectivity index is 1.05. The van der Waals surface area contributed by atoms with E-state index in [4.69, 9.17) is 0 Å². The molecule has 0 fully saturated rings. The molecular formula is C60H44N4. The predicted octanol–water partition coefficient (Wildman–Crippen LogP) is 16.9. The summed E-state index contributed by atoms with van der Waals surface area (Å²) in [6.07, 6.45) is 0. The van der Waals surface area contributed by atoms with Crippen LogP contribution in [0.5, 0.6) is 0 Å². The number of rotatable bonds is 11. The molecule has 0 aliphatic rings. The van der Waals surface area contributed by atoms with Gasteiger partial charge in [0.2, 0.25) is 0 Å². The number of nitrogens with zero attached hydrogens (tertiary/aromatic N) is 4. The average molecular weight is 821 g/mol. The second-order valence-electron chi connectivity index (χ2n) is 15.9. The molecular weight excluding hydrogens is 777 g/mol. The predicted molar refractivity (Wildman–Crippen MR) is 270 cm³/mol. The van der Waals surface area contributed by atoms with Crippen molar-refractivity contribution in [3.05, 3.63) is 267 Å². The van der Waals surface area contributed by atoms with E-state index in [0.717, 1.165) is 68.0 Å². The lowest BCUT2D eigenvalue weighted by atomic mass is 10.0. The van der Waals surface area contributed by atoms with Crippen molar-refractivity contribution in [1.29, 1.82) is 0 Å². The zero-order valence-corrected chi connectivity index (χ0v) is 35.2. The zero-order valence-electron chi connectivity index (χ0n) is 35.2. The van der Waals surface area contributed by atoms with Gasteiger partial charge in [0.05, 0.1) is 11.0 Å². The highest BCUT2D eigenvalue weighted by Crippen LogP contribution is 2.44. The molecule has 0 unspecified atom stereocenters. The van der Waals surface area contributed by atoms with Crippen LogP contribution in [0.3, 0.4) is 0 Å². The van der Waals surface area contributed by atoms with Gasteiger partial charge in [-0.15, -0.1) is 0 Å². The fourth-order valence-corrected chi connectivity index (χ4v) is 9.00. The van der Waals surface area contributed by atoms with Crippen LogP contribution in [-0.4, -0.2) is 4.57 Å². The van der Waals surface area contributed by atoms with Gasteiger partial charge in [0.1, 0.15) is 0 Å². The van der Waals surface area contributed by atoms with Crippen LogP contribution in [0.25, 0.3) is 38.6 Å². The molecule has 11 aromatic rings. The molecule has 4 nitrogen and oxygen atoms in total. The molecule has 0 amide bonds. The number of aromatic nitrogens is 1. The number of hydrogen-bond donors (Lipinski definition) is 0. The lowest BCUT2D eigenvalue weighted by Gasteiger charge is -2.31. The molecule has 0 spiro atoms. The van der Waals surface area contributed by atoms with E-state index in [2.05, 4.69) is 286 Å². The van der Waals surface area contributed by atoms with Crippen molar-refractivity contribution >= 4 is 73.0 Å². The summed E-state index contributed by atoms with van der Waals surface area (Å²) in [6.45, 7) is 0. The molecule has 64 heavy (non-hydrogen) atoms. The molecule has 304 valence electrons. The van der Waals surface area contributed by atoms with Gasteiger partial charge in [-0.25, -0.2) is 0 Å². The van der Waals surface area contributed by atoms with Crippen LogP contribution in [0.4, 0.5) is 51.2 Å². The molecule has 1 heterocycles. The molecule has 10 aromatic carbocycles. The molecule has 0 bridgehead atoms. The first-order valence-electron chi connectivity index (χ1n) is 21.8. The van der Waals surface area contributed by atoms with Gasteiger partial charge in [-0.1, -0.05) is 146 Å². The first-order valence-corrected chi connectivity index (χ1v) is 21.8. The van der Waals surface area contributed by atoms with Crippen molar-refractivity contribution < 1.29 is 0 Å². The largest absolute Gasteiger partial charge is 0.310 e. The minimum Gasteiger partial charge on any atom is -0.310 e. The molecule has 0 aliphatic carbocycles. The van der Waals surface area contributed by atoms with E-state index in [1.807, 2.05) is 0 Å². The van der Waals surface area contributed by atoms with Crippen molar-refractivity contribution in [2.45, 2.75) is 0 Å². The van der Waals surface area contributed by atoms with Crippen molar-refractivity contribution in [3.8, 4) is 16.8 Å². The highest BCUT2D eigenvalue weighted by atomic mass is 15.2. The van der Waals surface area contributed by atoms with Crippen LogP contribution < -0.4 is 14.7 Å². The highest BCUT2D eigenvalue weighted by molar-refractivity contribution is 6.10. The minimum absolute atomic E-state index is 1.04. The van der Waals surface area contributed by atoms with E-state index in [1.165, 1.54) is 21.8 Å². The Morgan fingerprint density at radius 1 is 0.219 bits per heavy atom.